The summed E-state index contributed by atoms with van der Waals surface area (Å²) in [6.45, 7) is 6.63. The van der Waals surface area contributed by atoms with Gasteiger partial charge in [-0.3, -0.25) is 4.79 Å². The number of carbonyl (C=O) groups is 1. The minimum absolute atomic E-state index is 0.0615. The van der Waals surface area contributed by atoms with E-state index in [1.54, 1.807) is 26.0 Å². The Morgan fingerprint density at radius 2 is 1.81 bits per heavy atom. The first kappa shape index (κ1) is 18.3. The number of rotatable bonds is 1. The van der Waals surface area contributed by atoms with Gasteiger partial charge in [-0.05, 0) is 18.1 Å². The molecule has 0 heterocycles. The van der Waals surface area contributed by atoms with Crippen molar-refractivity contribution in [3.05, 3.63) is 23.3 Å². The summed E-state index contributed by atoms with van der Waals surface area (Å²) in [6.07, 6.45) is 2.08. The zero-order chi connectivity index (χ0) is 19.4. The molecule has 0 spiro atoms. The Labute approximate surface area is 152 Å². The predicted octanol–water partition coefficient (Wildman–Crippen LogP) is -0.0699. The zero-order valence-corrected chi connectivity index (χ0v) is 15.6. The van der Waals surface area contributed by atoms with Gasteiger partial charge >= 0.3 is 0 Å². The van der Waals surface area contributed by atoms with Crippen LogP contribution in [0.15, 0.2) is 23.3 Å². The summed E-state index contributed by atoms with van der Waals surface area (Å²) in [5, 5.41) is 54.9. The highest BCUT2D eigenvalue weighted by molar-refractivity contribution is 6.04. The van der Waals surface area contributed by atoms with Crippen molar-refractivity contribution in [1.29, 1.82) is 0 Å². The molecule has 0 unspecified atom stereocenters. The van der Waals surface area contributed by atoms with Crippen molar-refractivity contribution >= 4 is 5.78 Å². The van der Waals surface area contributed by atoms with E-state index in [9.17, 15) is 30.3 Å². The summed E-state index contributed by atoms with van der Waals surface area (Å²) in [4.78, 5) is 12.7. The van der Waals surface area contributed by atoms with Crippen LogP contribution < -0.4 is 0 Å². The number of fused-ring (bicyclic) bond motifs is 5. The number of carbonyl (C=O) groups excluding carboxylic acids is 1. The second-order valence-corrected chi connectivity index (χ2v) is 9.41. The fraction of sp³-hybridized carbons (Fsp3) is 0.750. The Morgan fingerprint density at radius 3 is 2.38 bits per heavy atom. The molecule has 0 amide bonds. The normalized spacial score (nSPS) is 54.5. The van der Waals surface area contributed by atoms with Crippen molar-refractivity contribution in [2.24, 2.45) is 29.1 Å². The molecule has 0 aromatic heterocycles. The molecule has 144 valence electrons. The molecule has 0 saturated heterocycles. The number of Topliss-reactive ketones (excluding diaryl/α,β-unsaturated/α-hetero) is 1. The van der Waals surface area contributed by atoms with Gasteiger partial charge in [0.25, 0.3) is 0 Å². The quantitative estimate of drug-likeness (QED) is 0.416. The SMILES string of the molecule is CC1=C[C@H]2[C@@]3(O)[C@H](C)[C@H](O)[C@]4(O)[C@H]([C@@H]3C=C(CO)C[C@]2(O)C1=O)C4(C)C. The molecule has 6 heteroatoms. The van der Waals surface area contributed by atoms with Crippen molar-refractivity contribution in [3.63, 3.8) is 0 Å². The summed E-state index contributed by atoms with van der Waals surface area (Å²) in [5.74, 6) is -3.14. The van der Waals surface area contributed by atoms with Crippen molar-refractivity contribution in [2.75, 3.05) is 6.61 Å². The summed E-state index contributed by atoms with van der Waals surface area (Å²) in [5.41, 5.74) is -4.57. The minimum atomic E-state index is -1.84. The van der Waals surface area contributed by atoms with Crippen LogP contribution in [0.4, 0.5) is 0 Å². The topological polar surface area (TPSA) is 118 Å². The van der Waals surface area contributed by atoms with Crippen LogP contribution in [0, 0.1) is 29.1 Å². The van der Waals surface area contributed by atoms with Gasteiger partial charge in [0.15, 0.2) is 5.78 Å². The third-order valence-electron chi connectivity index (χ3n) is 8.04. The minimum Gasteiger partial charge on any atom is -0.392 e. The molecule has 26 heavy (non-hydrogen) atoms. The van der Waals surface area contributed by atoms with Crippen LogP contribution in [0.1, 0.15) is 34.1 Å². The first-order valence-electron chi connectivity index (χ1n) is 9.27. The van der Waals surface area contributed by atoms with Crippen LogP contribution in [-0.4, -0.2) is 60.8 Å². The number of ketones is 1. The lowest BCUT2D eigenvalue weighted by atomic mass is 9.59. The Bertz CT molecular complexity index is 753. The van der Waals surface area contributed by atoms with Crippen LogP contribution in [0.25, 0.3) is 0 Å². The van der Waals surface area contributed by atoms with E-state index in [1.807, 2.05) is 13.8 Å². The Kier molecular flexibility index (Phi) is 3.42. The summed E-state index contributed by atoms with van der Waals surface area (Å²) in [7, 11) is 0. The molecular formula is C20H28O6. The molecule has 2 fully saturated rings. The van der Waals surface area contributed by atoms with Gasteiger partial charge in [0.05, 0.1) is 18.3 Å². The van der Waals surface area contributed by atoms with Crippen molar-refractivity contribution < 1.29 is 30.3 Å². The van der Waals surface area contributed by atoms with Crippen LogP contribution in [0.5, 0.6) is 0 Å². The molecule has 0 aromatic rings. The molecule has 0 aliphatic heterocycles. The third-order valence-corrected chi connectivity index (χ3v) is 8.04. The summed E-state index contributed by atoms with van der Waals surface area (Å²) < 4.78 is 0. The van der Waals surface area contributed by atoms with Crippen LogP contribution in [-0.2, 0) is 4.79 Å². The van der Waals surface area contributed by atoms with Crippen LogP contribution in [0.2, 0.25) is 0 Å². The smallest absolute Gasteiger partial charge is 0.190 e. The molecule has 0 radical (unpaired) electrons. The van der Waals surface area contributed by atoms with E-state index in [0.717, 1.165) is 0 Å². The first-order chi connectivity index (χ1) is 11.9. The monoisotopic (exact) mass is 364 g/mol. The van der Waals surface area contributed by atoms with E-state index in [2.05, 4.69) is 0 Å². The number of aliphatic hydroxyl groups is 5. The van der Waals surface area contributed by atoms with Crippen molar-refractivity contribution in [3.8, 4) is 0 Å². The highest BCUT2D eigenvalue weighted by atomic mass is 16.4. The predicted molar refractivity (Wildman–Crippen MR) is 92.8 cm³/mol. The molecule has 8 atom stereocenters. The van der Waals surface area contributed by atoms with E-state index >= 15 is 0 Å². The van der Waals surface area contributed by atoms with Crippen LogP contribution >= 0.6 is 0 Å². The highest BCUT2D eigenvalue weighted by Crippen LogP contribution is 2.74. The Morgan fingerprint density at radius 1 is 1.19 bits per heavy atom. The van der Waals surface area contributed by atoms with E-state index in [0.29, 0.717) is 11.1 Å². The molecular weight excluding hydrogens is 336 g/mol. The maximum absolute atomic E-state index is 12.7. The van der Waals surface area contributed by atoms with E-state index in [4.69, 9.17) is 0 Å². The fourth-order valence-corrected chi connectivity index (χ4v) is 6.45. The van der Waals surface area contributed by atoms with Crippen molar-refractivity contribution in [1.82, 2.24) is 0 Å². The average Bonchev–Trinajstić information content (AvgIpc) is 2.97. The highest BCUT2D eigenvalue weighted by Gasteiger charge is 2.84. The molecule has 4 aliphatic carbocycles. The maximum Gasteiger partial charge on any atom is 0.190 e. The largest absolute Gasteiger partial charge is 0.392 e. The van der Waals surface area contributed by atoms with E-state index in [1.165, 1.54) is 0 Å². The second-order valence-electron chi connectivity index (χ2n) is 9.41. The van der Waals surface area contributed by atoms with Gasteiger partial charge in [-0.1, -0.05) is 32.9 Å². The van der Waals surface area contributed by atoms with Gasteiger partial charge < -0.3 is 25.5 Å². The van der Waals surface area contributed by atoms with Crippen LogP contribution in [0.3, 0.4) is 0 Å². The van der Waals surface area contributed by atoms with E-state index < -0.39 is 57.8 Å². The van der Waals surface area contributed by atoms with Crippen molar-refractivity contribution in [2.45, 2.75) is 57.0 Å². The van der Waals surface area contributed by atoms with Gasteiger partial charge in [-0.25, -0.2) is 0 Å². The van der Waals surface area contributed by atoms with Gasteiger partial charge in [-0.2, -0.15) is 0 Å². The zero-order valence-electron chi connectivity index (χ0n) is 15.6. The maximum atomic E-state index is 12.7. The fourth-order valence-electron chi connectivity index (χ4n) is 6.45. The number of aliphatic hydroxyl groups excluding tert-OH is 2. The lowest BCUT2D eigenvalue weighted by Gasteiger charge is -2.51. The molecule has 6 nitrogen and oxygen atoms in total. The lowest BCUT2D eigenvalue weighted by Crippen LogP contribution is -2.65. The lowest BCUT2D eigenvalue weighted by molar-refractivity contribution is -0.209. The molecule has 0 bridgehead atoms. The van der Waals surface area contributed by atoms with E-state index in [-0.39, 0.29) is 13.0 Å². The molecule has 4 aliphatic rings. The summed E-state index contributed by atoms with van der Waals surface area (Å²) >= 11 is 0. The van der Waals surface area contributed by atoms with Gasteiger partial charge in [0.2, 0.25) is 0 Å². The van der Waals surface area contributed by atoms with Gasteiger partial charge in [0, 0.05) is 35.5 Å². The average molecular weight is 364 g/mol. The molecule has 2 saturated carbocycles. The Hall–Kier alpha value is -1.05. The Balaban J connectivity index is 1.96. The number of hydrogen-bond acceptors (Lipinski definition) is 6. The number of hydrogen-bond donors (Lipinski definition) is 5. The molecule has 5 N–H and O–H groups in total. The standard InChI is InChI=1S/C20H28O6/c1-9-5-13-18(24,15(9)22)7-11(8-21)6-12-14-17(3,4)20(14,26)16(23)10(2)19(12,13)25/h5-6,10,12-14,16,21,23-26H,7-8H2,1-4H3/t10-,12+,13-,14-,16+,18-,19-,20-/m1/s1. The second kappa shape index (κ2) is 4.86. The molecule has 0 aromatic carbocycles. The summed E-state index contributed by atoms with van der Waals surface area (Å²) in [6, 6.07) is 0. The molecule has 4 rings (SSSR count). The third kappa shape index (κ3) is 1.69. The van der Waals surface area contributed by atoms with Gasteiger partial charge in [0.1, 0.15) is 11.2 Å². The van der Waals surface area contributed by atoms with Gasteiger partial charge in [-0.15, -0.1) is 0 Å². The first-order valence-corrected chi connectivity index (χ1v) is 9.27.